The number of carbonyl (C=O) groups is 1. The van der Waals surface area contributed by atoms with Crippen LogP contribution in [0.5, 0.6) is 5.75 Å². The van der Waals surface area contributed by atoms with Crippen LogP contribution in [0.4, 0.5) is 11.4 Å². The predicted molar refractivity (Wildman–Crippen MR) is 109 cm³/mol. The lowest BCUT2D eigenvalue weighted by Gasteiger charge is -2.06. The van der Waals surface area contributed by atoms with E-state index in [2.05, 4.69) is 15.5 Å². The number of hydrogen-bond acceptors (Lipinski definition) is 7. The minimum atomic E-state index is -0.506. The Morgan fingerprint density at radius 3 is 2.69 bits per heavy atom. The molecule has 0 bridgehead atoms. The third-order valence-electron chi connectivity index (χ3n) is 4.12. The molecule has 0 aliphatic heterocycles. The first-order valence-electron chi connectivity index (χ1n) is 8.64. The van der Waals surface area contributed by atoms with Gasteiger partial charge in [0, 0.05) is 31.3 Å². The fourth-order valence-corrected chi connectivity index (χ4v) is 3.30. The van der Waals surface area contributed by atoms with E-state index in [1.165, 1.54) is 30.0 Å². The van der Waals surface area contributed by atoms with E-state index in [9.17, 15) is 14.9 Å². The fraction of sp³-hybridized carbons (Fsp3) is 0.211. The molecule has 0 radical (unpaired) electrons. The minimum absolute atomic E-state index is 0.0769. The van der Waals surface area contributed by atoms with Gasteiger partial charge in [0.25, 0.3) is 5.69 Å². The number of rotatable bonds is 8. The summed E-state index contributed by atoms with van der Waals surface area (Å²) in [6.07, 6.45) is 0.605. The van der Waals surface area contributed by atoms with Crippen LogP contribution in [0.2, 0.25) is 0 Å². The molecule has 0 saturated carbocycles. The first kappa shape index (κ1) is 20.3. The summed E-state index contributed by atoms with van der Waals surface area (Å²) in [5, 5.41) is 22.4. The van der Waals surface area contributed by atoms with Crippen molar-refractivity contribution in [2.45, 2.75) is 11.6 Å². The Morgan fingerprint density at radius 1 is 1.24 bits per heavy atom. The van der Waals surface area contributed by atoms with Crippen LogP contribution in [-0.4, -0.2) is 38.5 Å². The maximum Gasteiger partial charge on any atom is 0.271 e. The zero-order valence-corrected chi connectivity index (χ0v) is 16.7. The van der Waals surface area contributed by atoms with Crippen LogP contribution in [0.1, 0.15) is 11.4 Å². The van der Waals surface area contributed by atoms with Gasteiger partial charge in [0.15, 0.2) is 5.16 Å². The van der Waals surface area contributed by atoms with Crippen molar-refractivity contribution in [2.75, 3.05) is 18.2 Å². The number of ether oxygens (including phenoxy) is 1. The Kier molecular flexibility index (Phi) is 6.45. The van der Waals surface area contributed by atoms with Crippen molar-refractivity contribution in [2.24, 2.45) is 7.05 Å². The van der Waals surface area contributed by atoms with Crippen molar-refractivity contribution < 1.29 is 14.5 Å². The number of benzene rings is 2. The smallest absolute Gasteiger partial charge is 0.271 e. The molecule has 9 nitrogen and oxygen atoms in total. The van der Waals surface area contributed by atoms with E-state index in [1.807, 2.05) is 35.9 Å². The molecular weight excluding hydrogens is 394 g/mol. The minimum Gasteiger partial charge on any atom is -0.497 e. The van der Waals surface area contributed by atoms with Crippen molar-refractivity contribution in [3.8, 4) is 5.75 Å². The van der Waals surface area contributed by atoms with Gasteiger partial charge in [-0.05, 0) is 23.8 Å². The van der Waals surface area contributed by atoms with Crippen molar-refractivity contribution in [3.05, 3.63) is 70.0 Å². The van der Waals surface area contributed by atoms with Gasteiger partial charge in [-0.3, -0.25) is 14.9 Å². The number of nitrogens with one attached hydrogen (secondary N) is 1. The molecule has 0 spiro atoms. The summed E-state index contributed by atoms with van der Waals surface area (Å²) < 4.78 is 7.00. The Bertz CT molecular complexity index is 1020. The number of carbonyl (C=O) groups excluding carboxylic acids is 1. The number of methoxy groups -OCH3 is 1. The molecule has 0 atom stereocenters. The first-order valence-corrected chi connectivity index (χ1v) is 9.63. The standard InChI is InChI=1S/C19H19N5O4S/c1-23-17(10-13-6-8-16(28-2)9-7-13)21-22-19(23)29-12-18(25)20-14-4-3-5-15(11-14)24(26)27/h3-9,11H,10,12H2,1-2H3,(H,20,25). The van der Waals surface area contributed by atoms with Gasteiger partial charge in [-0.2, -0.15) is 0 Å². The monoisotopic (exact) mass is 413 g/mol. The third kappa shape index (κ3) is 5.32. The van der Waals surface area contributed by atoms with Gasteiger partial charge in [0.2, 0.25) is 5.91 Å². The third-order valence-corrected chi connectivity index (χ3v) is 5.14. The van der Waals surface area contributed by atoms with Crippen LogP contribution in [0.15, 0.2) is 53.7 Å². The van der Waals surface area contributed by atoms with Gasteiger partial charge in [0.05, 0.1) is 17.8 Å². The summed E-state index contributed by atoms with van der Waals surface area (Å²) >= 11 is 1.25. The molecule has 3 rings (SSSR count). The Balaban J connectivity index is 1.57. The molecule has 1 N–H and O–H groups in total. The van der Waals surface area contributed by atoms with Crippen LogP contribution in [-0.2, 0) is 18.3 Å². The lowest BCUT2D eigenvalue weighted by atomic mass is 10.1. The van der Waals surface area contributed by atoms with Crippen molar-refractivity contribution >= 4 is 29.0 Å². The maximum atomic E-state index is 12.2. The number of nitro benzene ring substituents is 1. The largest absolute Gasteiger partial charge is 0.497 e. The van der Waals surface area contributed by atoms with Gasteiger partial charge in [0.1, 0.15) is 11.6 Å². The van der Waals surface area contributed by atoms with E-state index in [0.29, 0.717) is 17.3 Å². The van der Waals surface area contributed by atoms with E-state index in [1.54, 1.807) is 13.2 Å². The molecule has 0 saturated heterocycles. The van der Waals surface area contributed by atoms with E-state index < -0.39 is 4.92 Å². The molecule has 29 heavy (non-hydrogen) atoms. The number of anilines is 1. The molecule has 0 unspecified atom stereocenters. The quantitative estimate of drug-likeness (QED) is 0.343. The Labute approximate surface area is 171 Å². The Morgan fingerprint density at radius 2 is 2.00 bits per heavy atom. The SMILES string of the molecule is COc1ccc(Cc2nnc(SCC(=O)Nc3cccc([N+](=O)[O-])c3)n2C)cc1. The van der Waals surface area contributed by atoms with Gasteiger partial charge < -0.3 is 14.6 Å². The molecule has 3 aromatic rings. The summed E-state index contributed by atoms with van der Waals surface area (Å²) in [6, 6.07) is 13.5. The molecule has 10 heteroatoms. The number of nitro groups is 1. The van der Waals surface area contributed by atoms with Crippen LogP contribution in [0, 0.1) is 10.1 Å². The first-order chi connectivity index (χ1) is 14.0. The fourth-order valence-electron chi connectivity index (χ4n) is 2.58. The lowest BCUT2D eigenvalue weighted by molar-refractivity contribution is -0.384. The lowest BCUT2D eigenvalue weighted by Crippen LogP contribution is -2.14. The zero-order valence-electron chi connectivity index (χ0n) is 15.9. The number of nitrogens with zero attached hydrogens (tertiary/aromatic N) is 4. The normalized spacial score (nSPS) is 10.6. The highest BCUT2D eigenvalue weighted by Gasteiger charge is 2.13. The molecular formula is C19H19N5O4S. The summed E-state index contributed by atoms with van der Waals surface area (Å²) in [4.78, 5) is 22.5. The molecule has 0 fully saturated rings. The van der Waals surface area contributed by atoms with Gasteiger partial charge >= 0.3 is 0 Å². The number of thioether (sulfide) groups is 1. The predicted octanol–water partition coefficient (Wildman–Crippen LogP) is 3.05. The second-order valence-corrected chi connectivity index (χ2v) is 7.07. The number of aromatic nitrogens is 3. The molecule has 1 amide bonds. The number of hydrogen-bond donors (Lipinski definition) is 1. The average Bonchev–Trinajstić information content (AvgIpc) is 3.06. The van der Waals surface area contributed by atoms with Crippen LogP contribution in [0.25, 0.3) is 0 Å². The maximum absolute atomic E-state index is 12.2. The van der Waals surface area contributed by atoms with E-state index in [4.69, 9.17) is 4.74 Å². The van der Waals surface area contributed by atoms with Crippen molar-refractivity contribution in [1.29, 1.82) is 0 Å². The molecule has 1 aromatic heterocycles. The second kappa shape index (κ2) is 9.20. The highest BCUT2D eigenvalue weighted by atomic mass is 32.2. The van der Waals surface area contributed by atoms with Gasteiger partial charge in [-0.1, -0.05) is 30.0 Å². The van der Waals surface area contributed by atoms with Crippen LogP contribution >= 0.6 is 11.8 Å². The molecule has 2 aromatic carbocycles. The van der Waals surface area contributed by atoms with Crippen molar-refractivity contribution in [3.63, 3.8) is 0 Å². The van der Waals surface area contributed by atoms with Crippen molar-refractivity contribution in [1.82, 2.24) is 14.8 Å². The number of amides is 1. The van der Waals surface area contributed by atoms with Gasteiger partial charge in [-0.25, -0.2) is 0 Å². The molecule has 0 aliphatic rings. The summed E-state index contributed by atoms with van der Waals surface area (Å²) in [5.41, 5.74) is 1.37. The summed E-state index contributed by atoms with van der Waals surface area (Å²) in [6.45, 7) is 0. The second-order valence-electron chi connectivity index (χ2n) is 6.13. The summed E-state index contributed by atoms with van der Waals surface area (Å²) in [5.74, 6) is 1.39. The topological polar surface area (TPSA) is 112 Å². The highest BCUT2D eigenvalue weighted by Crippen LogP contribution is 2.20. The Hall–Kier alpha value is -3.40. The molecule has 0 aliphatic carbocycles. The highest BCUT2D eigenvalue weighted by molar-refractivity contribution is 7.99. The number of non-ortho nitro benzene ring substituents is 1. The molecule has 150 valence electrons. The zero-order chi connectivity index (χ0) is 20.8. The van der Waals surface area contributed by atoms with Crippen LogP contribution in [0.3, 0.4) is 0 Å². The average molecular weight is 413 g/mol. The molecule has 1 heterocycles. The summed E-state index contributed by atoms with van der Waals surface area (Å²) in [7, 11) is 3.47. The van der Waals surface area contributed by atoms with E-state index in [0.717, 1.165) is 17.1 Å². The van der Waals surface area contributed by atoms with E-state index >= 15 is 0 Å². The van der Waals surface area contributed by atoms with Gasteiger partial charge in [-0.15, -0.1) is 10.2 Å². The van der Waals surface area contributed by atoms with Crippen LogP contribution < -0.4 is 10.1 Å². The van der Waals surface area contributed by atoms with E-state index in [-0.39, 0.29) is 17.3 Å².